The quantitative estimate of drug-likeness (QED) is 0.518. The van der Waals surface area contributed by atoms with Crippen LogP contribution in [0.1, 0.15) is 27.7 Å². The summed E-state index contributed by atoms with van der Waals surface area (Å²) in [5, 5.41) is 0.302. The van der Waals surface area contributed by atoms with Crippen molar-refractivity contribution in [3.63, 3.8) is 0 Å². The van der Waals surface area contributed by atoms with Crippen LogP contribution in [0.15, 0.2) is 0 Å². The summed E-state index contributed by atoms with van der Waals surface area (Å²) in [6, 6.07) is 0. The Balaban J connectivity index is 2.49. The molecule has 1 rings (SSSR count). The van der Waals surface area contributed by atoms with Gasteiger partial charge in [-0.05, 0) is 25.1 Å². The van der Waals surface area contributed by atoms with E-state index < -0.39 is 8.32 Å². The molecule has 2 nitrogen and oxygen atoms in total. The zero-order valence-corrected chi connectivity index (χ0v) is 10.7. The average molecular weight is 202 g/mol. The Hall–Kier alpha value is 0.137. The molecule has 0 radical (unpaired) electrons. The van der Waals surface area contributed by atoms with Gasteiger partial charge in [0.05, 0.1) is 12.7 Å². The fourth-order valence-corrected chi connectivity index (χ4v) is 2.48. The van der Waals surface area contributed by atoms with Crippen LogP contribution < -0.4 is 0 Å². The lowest BCUT2D eigenvalue weighted by molar-refractivity contribution is 0.159. The van der Waals surface area contributed by atoms with Crippen LogP contribution in [0.4, 0.5) is 0 Å². The summed E-state index contributed by atoms with van der Waals surface area (Å²) in [6.45, 7) is 14.4. The number of hydrogen-bond donors (Lipinski definition) is 0. The van der Waals surface area contributed by atoms with Gasteiger partial charge >= 0.3 is 0 Å². The Morgan fingerprint density at radius 1 is 1.38 bits per heavy atom. The number of epoxide rings is 1. The maximum atomic E-state index is 6.14. The van der Waals surface area contributed by atoms with E-state index in [1.54, 1.807) is 0 Å². The smallest absolute Gasteiger partial charge is 0.192 e. The van der Waals surface area contributed by atoms with Crippen molar-refractivity contribution in [2.24, 2.45) is 0 Å². The number of hydrogen-bond acceptors (Lipinski definition) is 2. The normalized spacial score (nSPS) is 25.8. The third-order valence-electron chi connectivity index (χ3n) is 3.17. The molecule has 0 aliphatic carbocycles. The summed E-state index contributed by atoms with van der Waals surface area (Å²) in [6.07, 6.45) is 0.648. The molecule has 2 atom stereocenters. The van der Waals surface area contributed by atoms with E-state index in [0.29, 0.717) is 11.1 Å². The Morgan fingerprint density at radius 3 is 2.15 bits per heavy atom. The molecule has 78 valence electrons. The largest absolute Gasteiger partial charge is 0.411 e. The van der Waals surface area contributed by atoms with E-state index in [0.717, 1.165) is 6.61 Å². The third kappa shape index (κ3) is 2.79. The molecule has 0 bridgehead atoms. The fourth-order valence-electron chi connectivity index (χ4n) is 1.04. The van der Waals surface area contributed by atoms with Crippen LogP contribution >= 0.6 is 0 Å². The molecular formula is C10H22O2Si. The van der Waals surface area contributed by atoms with E-state index in [1.165, 1.54) is 0 Å². The van der Waals surface area contributed by atoms with Crippen molar-refractivity contribution in [3.8, 4) is 0 Å². The van der Waals surface area contributed by atoms with Gasteiger partial charge in [0.25, 0.3) is 0 Å². The highest BCUT2D eigenvalue weighted by atomic mass is 28.4. The molecule has 1 aliphatic heterocycles. The van der Waals surface area contributed by atoms with Gasteiger partial charge in [0.1, 0.15) is 6.10 Å². The van der Waals surface area contributed by atoms with Crippen molar-refractivity contribution in [1.82, 2.24) is 0 Å². The lowest BCUT2D eigenvalue weighted by Gasteiger charge is -2.38. The molecule has 0 spiro atoms. The first-order valence-electron chi connectivity index (χ1n) is 5.03. The first kappa shape index (κ1) is 11.2. The van der Waals surface area contributed by atoms with Gasteiger partial charge in [0, 0.05) is 0 Å². The molecule has 1 aliphatic rings. The van der Waals surface area contributed by atoms with Gasteiger partial charge in [-0.1, -0.05) is 20.8 Å². The topological polar surface area (TPSA) is 21.8 Å². The van der Waals surface area contributed by atoms with Crippen LogP contribution in [0.3, 0.4) is 0 Å². The molecule has 0 saturated carbocycles. The lowest BCUT2D eigenvalue weighted by atomic mass is 10.2. The van der Waals surface area contributed by atoms with Crippen LogP contribution in [0.5, 0.6) is 0 Å². The van der Waals surface area contributed by atoms with E-state index in [4.69, 9.17) is 9.16 Å². The monoisotopic (exact) mass is 202 g/mol. The minimum Gasteiger partial charge on any atom is -0.411 e. The average Bonchev–Trinajstić information content (AvgIpc) is 2.62. The van der Waals surface area contributed by atoms with Crippen molar-refractivity contribution >= 4 is 8.32 Å². The van der Waals surface area contributed by atoms with Crippen LogP contribution in [0.2, 0.25) is 18.1 Å². The Morgan fingerprint density at radius 2 is 1.85 bits per heavy atom. The molecular weight excluding hydrogens is 180 g/mol. The molecule has 13 heavy (non-hydrogen) atoms. The molecule has 3 heteroatoms. The van der Waals surface area contributed by atoms with Crippen molar-refractivity contribution in [2.75, 3.05) is 6.61 Å². The molecule has 0 aromatic carbocycles. The van der Waals surface area contributed by atoms with Gasteiger partial charge in [-0.25, -0.2) is 0 Å². The van der Waals surface area contributed by atoms with Gasteiger partial charge in [0.2, 0.25) is 0 Å². The van der Waals surface area contributed by atoms with E-state index in [9.17, 15) is 0 Å². The van der Waals surface area contributed by atoms with E-state index in [2.05, 4.69) is 40.8 Å². The summed E-state index contributed by atoms with van der Waals surface area (Å²) >= 11 is 0. The maximum Gasteiger partial charge on any atom is 0.192 e. The first-order chi connectivity index (χ1) is 5.74. The summed E-state index contributed by atoms with van der Waals surface area (Å²) in [4.78, 5) is 0. The second kappa shape index (κ2) is 3.37. The third-order valence-corrected chi connectivity index (χ3v) is 7.74. The second-order valence-corrected chi connectivity index (χ2v) is 10.2. The Kier molecular flexibility index (Phi) is 2.91. The Bertz CT molecular complexity index is 180. The molecule has 0 aromatic rings. The first-order valence-corrected chi connectivity index (χ1v) is 7.94. The van der Waals surface area contributed by atoms with Crippen LogP contribution in [-0.4, -0.2) is 27.1 Å². The molecule has 1 unspecified atom stereocenters. The Labute approximate surface area is 82.7 Å². The minimum atomic E-state index is -1.57. The fraction of sp³-hybridized carbons (Fsp3) is 1.00. The predicted molar refractivity (Wildman–Crippen MR) is 57.5 cm³/mol. The van der Waals surface area contributed by atoms with Gasteiger partial charge in [-0.2, -0.15) is 0 Å². The molecule has 0 aromatic heterocycles. The highest BCUT2D eigenvalue weighted by Crippen LogP contribution is 2.38. The van der Waals surface area contributed by atoms with Gasteiger partial charge in [0.15, 0.2) is 8.32 Å². The van der Waals surface area contributed by atoms with Crippen LogP contribution in [0.25, 0.3) is 0 Å². The predicted octanol–water partition coefficient (Wildman–Crippen LogP) is 2.80. The van der Waals surface area contributed by atoms with Gasteiger partial charge < -0.3 is 9.16 Å². The number of ether oxygens (including phenoxy) is 1. The maximum absolute atomic E-state index is 6.14. The summed E-state index contributed by atoms with van der Waals surface area (Å²) < 4.78 is 11.4. The van der Waals surface area contributed by atoms with Gasteiger partial charge in [-0.3, -0.25) is 0 Å². The number of rotatable bonds is 3. The standard InChI is InChI=1S/C10H22O2Si/c1-8(9-7-11-9)12-13(5,6)10(2,3)4/h8-9H,7H2,1-6H3/t8-,9?/m1/s1. The highest BCUT2D eigenvalue weighted by molar-refractivity contribution is 6.74. The van der Waals surface area contributed by atoms with E-state index in [-0.39, 0.29) is 6.10 Å². The van der Waals surface area contributed by atoms with Crippen LogP contribution in [0, 0.1) is 0 Å². The lowest BCUT2D eigenvalue weighted by Crippen LogP contribution is -2.44. The molecule has 1 heterocycles. The molecule has 0 amide bonds. The van der Waals surface area contributed by atoms with E-state index in [1.807, 2.05) is 0 Å². The van der Waals surface area contributed by atoms with Crippen molar-refractivity contribution in [2.45, 2.75) is 58.0 Å². The molecule has 0 N–H and O–H groups in total. The summed E-state index contributed by atoms with van der Waals surface area (Å²) in [5.41, 5.74) is 0. The minimum absolute atomic E-state index is 0.279. The second-order valence-electron chi connectivity index (χ2n) is 5.46. The highest BCUT2D eigenvalue weighted by Gasteiger charge is 2.41. The summed E-state index contributed by atoms with van der Waals surface area (Å²) in [7, 11) is -1.57. The van der Waals surface area contributed by atoms with Crippen molar-refractivity contribution in [3.05, 3.63) is 0 Å². The summed E-state index contributed by atoms with van der Waals surface area (Å²) in [5.74, 6) is 0. The van der Waals surface area contributed by atoms with Gasteiger partial charge in [-0.15, -0.1) is 0 Å². The zero-order valence-electron chi connectivity index (χ0n) is 9.68. The molecule has 1 saturated heterocycles. The van der Waals surface area contributed by atoms with E-state index >= 15 is 0 Å². The van der Waals surface area contributed by atoms with Crippen LogP contribution in [-0.2, 0) is 9.16 Å². The zero-order chi connectivity index (χ0) is 10.3. The van der Waals surface area contributed by atoms with Crippen molar-refractivity contribution in [1.29, 1.82) is 0 Å². The van der Waals surface area contributed by atoms with Crippen molar-refractivity contribution < 1.29 is 9.16 Å². The molecule has 1 fully saturated rings. The SMILES string of the molecule is C[C@@H](O[Si](C)(C)C(C)(C)C)C1CO1.